The lowest BCUT2D eigenvalue weighted by atomic mass is 10.0. The molecule has 0 aliphatic carbocycles. The molecule has 0 heterocycles. The van der Waals surface area contributed by atoms with Crippen molar-refractivity contribution in [2.45, 2.75) is 142 Å². The predicted molar refractivity (Wildman–Crippen MR) is 131 cm³/mol. The van der Waals surface area contributed by atoms with Gasteiger partial charge in [-0.05, 0) is 39.5 Å². The number of ketones is 1. The minimum Gasteiger partial charge on any atom is -0.356 e. The highest BCUT2D eigenvalue weighted by molar-refractivity contribution is 5.75. The topological polar surface area (TPSA) is 46.2 Å². The molecule has 0 saturated carbocycles. The molecule has 0 aromatic carbocycles. The summed E-state index contributed by atoms with van der Waals surface area (Å²) in [4.78, 5) is 22.6. The van der Waals surface area contributed by atoms with Gasteiger partial charge in [0.05, 0.1) is 0 Å². The molecule has 0 rings (SSSR count). The standard InChI is InChI=1S/C27H51NO2/c1-25(2)21-20-24-28-27(30)23-19-17-15-13-11-9-7-5-4-6-8-10-12-14-16-18-22-26(3)29/h1,4-24H2,2-3H3,(H,28,30). The fourth-order valence-electron chi connectivity index (χ4n) is 3.84. The highest BCUT2D eigenvalue weighted by Crippen LogP contribution is 2.14. The number of amides is 1. The predicted octanol–water partition coefficient (Wildman–Crippen LogP) is 8.07. The lowest BCUT2D eigenvalue weighted by molar-refractivity contribution is -0.121. The Morgan fingerprint density at radius 2 is 0.900 bits per heavy atom. The molecule has 0 unspecified atom stereocenters. The summed E-state index contributed by atoms with van der Waals surface area (Å²) < 4.78 is 0. The third kappa shape index (κ3) is 24.9. The molecule has 0 aliphatic heterocycles. The van der Waals surface area contributed by atoms with Crippen LogP contribution in [0.4, 0.5) is 0 Å². The van der Waals surface area contributed by atoms with Gasteiger partial charge in [0, 0.05) is 19.4 Å². The maximum Gasteiger partial charge on any atom is 0.219 e. The molecule has 0 aliphatic rings. The number of carbonyl (C=O) groups excluding carboxylic acids is 2. The van der Waals surface area contributed by atoms with E-state index in [0.717, 1.165) is 38.6 Å². The van der Waals surface area contributed by atoms with Gasteiger partial charge in [-0.3, -0.25) is 4.79 Å². The third-order valence-corrected chi connectivity index (χ3v) is 5.79. The third-order valence-electron chi connectivity index (χ3n) is 5.79. The lowest BCUT2D eigenvalue weighted by Gasteiger charge is -2.05. The van der Waals surface area contributed by atoms with E-state index in [0.29, 0.717) is 12.2 Å². The van der Waals surface area contributed by atoms with Crippen molar-refractivity contribution in [2.24, 2.45) is 0 Å². The van der Waals surface area contributed by atoms with E-state index < -0.39 is 0 Å². The van der Waals surface area contributed by atoms with Crippen LogP contribution in [-0.4, -0.2) is 18.2 Å². The van der Waals surface area contributed by atoms with Gasteiger partial charge in [-0.2, -0.15) is 0 Å². The maximum atomic E-state index is 11.7. The van der Waals surface area contributed by atoms with Crippen LogP contribution in [-0.2, 0) is 9.59 Å². The van der Waals surface area contributed by atoms with Crippen LogP contribution >= 0.6 is 0 Å². The molecule has 0 aromatic rings. The summed E-state index contributed by atoms with van der Waals surface area (Å²) >= 11 is 0. The number of allylic oxidation sites excluding steroid dienone is 1. The van der Waals surface area contributed by atoms with E-state index in [1.54, 1.807) is 6.92 Å². The van der Waals surface area contributed by atoms with Crippen LogP contribution in [0.2, 0.25) is 0 Å². The van der Waals surface area contributed by atoms with E-state index in [4.69, 9.17) is 0 Å². The summed E-state index contributed by atoms with van der Waals surface area (Å²) in [6, 6.07) is 0. The Morgan fingerprint density at radius 1 is 0.533 bits per heavy atom. The fourth-order valence-corrected chi connectivity index (χ4v) is 3.84. The Balaban J connectivity index is 3.13. The van der Waals surface area contributed by atoms with Crippen LogP contribution in [0.3, 0.4) is 0 Å². The number of hydrogen-bond acceptors (Lipinski definition) is 2. The molecule has 0 aromatic heterocycles. The van der Waals surface area contributed by atoms with Gasteiger partial charge in [-0.15, -0.1) is 6.58 Å². The zero-order valence-electron chi connectivity index (χ0n) is 20.4. The Labute approximate surface area is 187 Å². The summed E-state index contributed by atoms with van der Waals surface area (Å²) in [6.45, 7) is 8.39. The van der Waals surface area contributed by atoms with Crippen LogP contribution in [0.1, 0.15) is 142 Å². The average Bonchev–Trinajstić information content (AvgIpc) is 2.70. The molecule has 0 atom stereocenters. The SMILES string of the molecule is C=C(C)CCCNC(=O)CCCCCCCCCCCCCCCCCCC(C)=O. The van der Waals surface area contributed by atoms with Gasteiger partial charge in [0.2, 0.25) is 5.91 Å². The van der Waals surface area contributed by atoms with Crippen LogP contribution in [0, 0.1) is 0 Å². The zero-order valence-corrected chi connectivity index (χ0v) is 20.4. The summed E-state index contributed by atoms with van der Waals surface area (Å²) in [5.74, 6) is 0.546. The van der Waals surface area contributed by atoms with Gasteiger partial charge in [-0.1, -0.05) is 95.5 Å². The normalized spacial score (nSPS) is 10.9. The van der Waals surface area contributed by atoms with Crippen molar-refractivity contribution in [3.05, 3.63) is 12.2 Å². The molecule has 3 nitrogen and oxygen atoms in total. The van der Waals surface area contributed by atoms with Crippen molar-refractivity contribution in [3.8, 4) is 0 Å². The van der Waals surface area contributed by atoms with Crippen molar-refractivity contribution in [1.29, 1.82) is 0 Å². The van der Waals surface area contributed by atoms with Gasteiger partial charge in [-0.25, -0.2) is 0 Å². The molecule has 30 heavy (non-hydrogen) atoms. The monoisotopic (exact) mass is 421 g/mol. The summed E-state index contributed by atoms with van der Waals surface area (Å²) in [7, 11) is 0. The molecule has 0 fully saturated rings. The Morgan fingerprint density at radius 3 is 1.27 bits per heavy atom. The first-order valence-electron chi connectivity index (χ1n) is 12.9. The average molecular weight is 422 g/mol. The molecule has 0 saturated heterocycles. The highest BCUT2D eigenvalue weighted by atomic mass is 16.1. The number of carbonyl (C=O) groups is 2. The van der Waals surface area contributed by atoms with Gasteiger partial charge in [0.15, 0.2) is 0 Å². The van der Waals surface area contributed by atoms with Crippen LogP contribution in [0.5, 0.6) is 0 Å². The second kappa shape index (κ2) is 22.6. The Hall–Kier alpha value is -1.12. The first kappa shape index (κ1) is 28.9. The Bertz CT molecular complexity index is 431. The van der Waals surface area contributed by atoms with E-state index in [1.807, 2.05) is 6.92 Å². The second-order valence-electron chi connectivity index (χ2n) is 9.27. The number of rotatable bonds is 23. The molecule has 3 heteroatoms. The number of nitrogens with one attached hydrogen (secondary N) is 1. The summed E-state index contributed by atoms with van der Waals surface area (Å²) in [5, 5.41) is 3.01. The van der Waals surface area contributed by atoms with Crippen molar-refractivity contribution in [2.75, 3.05) is 6.54 Å². The maximum absolute atomic E-state index is 11.7. The van der Waals surface area contributed by atoms with Gasteiger partial charge >= 0.3 is 0 Å². The molecule has 176 valence electrons. The second-order valence-corrected chi connectivity index (χ2v) is 9.27. The fraction of sp³-hybridized carbons (Fsp3) is 0.852. The number of hydrogen-bond donors (Lipinski definition) is 1. The minimum absolute atomic E-state index is 0.213. The minimum atomic E-state index is 0.213. The molecule has 1 N–H and O–H groups in total. The molecular formula is C27H51NO2. The zero-order chi connectivity index (χ0) is 22.3. The smallest absolute Gasteiger partial charge is 0.219 e. The van der Waals surface area contributed by atoms with Gasteiger partial charge in [0.25, 0.3) is 0 Å². The lowest BCUT2D eigenvalue weighted by Crippen LogP contribution is -2.23. The van der Waals surface area contributed by atoms with E-state index in [1.165, 1.54) is 95.5 Å². The first-order chi connectivity index (χ1) is 14.5. The number of Topliss-reactive ketones (excluding diaryl/α,β-unsaturated/α-hetero) is 1. The summed E-state index contributed by atoms with van der Waals surface area (Å²) in [6.07, 6.45) is 24.3. The van der Waals surface area contributed by atoms with Crippen molar-refractivity contribution >= 4 is 11.7 Å². The molecule has 0 spiro atoms. The van der Waals surface area contributed by atoms with Crippen LogP contribution in [0.15, 0.2) is 12.2 Å². The summed E-state index contributed by atoms with van der Waals surface area (Å²) in [5.41, 5.74) is 1.19. The van der Waals surface area contributed by atoms with Crippen LogP contribution < -0.4 is 5.32 Å². The van der Waals surface area contributed by atoms with Gasteiger partial charge < -0.3 is 10.1 Å². The first-order valence-corrected chi connectivity index (χ1v) is 12.9. The van der Waals surface area contributed by atoms with Gasteiger partial charge in [0.1, 0.15) is 5.78 Å². The van der Waals surface area contributed by atoms with E-state index >= 15 is 0 Å². The largest absolute Gasteiger partial charge is 0.356 e. The quantitative estimate of drug-likeness (QED) is 0.134. The molecule has 0 bridgehead atoms. The van der Waals surface area contributed by atoms with E-state index in [-0.39, 0.29) is 5.91 Å². The number of unbranched alkanes of at least 4 members (excludes halogenated alkanes) is 15. The van der Waals surface area contributed by atoms with E-state index in [2.05, 4.69) is 11.9 Å². The Kier molecular flexibility index (Phi) is 21.7. The van der Waals surface area contributed by atoms with Crippen LogP contribution in [0.25, 0.3) is 0 Å². The van der Waals surface area contributed by atoms with Crippen molar-refractivity contribution in [1.82, 2.24) is 5.32 Å². The molecular weight excluding hydrogens is 370 g/mol. The van der Waals surface area contributed by atoms with Crippen molar-refractivity contribution < 1.29 is 9.59 Å². The molecule has 1 amide bonds. The van der Waals surface area contributed by atoms with Crippen molar-refractivity contribution in [3.63, 3.8) is 0 Å². The highest BCUT2D eigenvalue weighted by Gasteiger charge is 2.01. The molecule has 0 radical (unpaired) electrons. The van der Waals surface area contributed by atoms with E-state index in [9.17, 15) is 9.59 Å².